The van der Waals surface area contributed by atoms with E-state index in [0.717, 1.165) is 27.9 Å². The normalized spacial score (nSPS) is 15.6. The lowest BCUT2D eigenvalue weighted by molar-refractivity contribution is 0.462. The molecule has 0 amide bonds. The quantitative estimate of drug-likeness (QED) is 0.363. The van der Waals surface area contributed by atoms with Crippen molar-refractivity contribution >= 4 is 54.9 Å². The number of aromatic amines is 1. The molecular formula is C22H22BrN3S. The predicted molar refractivity (Wildman–Crippen MR) is 119 cm³/mol. The fraction of sp³-hybridized carbons (Fsp3) is 0.318. The van der Waals surface area contributed by atoms with Gasteiger partial charge in [0.2, 0.25) is 0 Å². The number of thiophene rings is 1. The summed E-state index contributed by atoms with van der Waals surface area (Å²) in [6, 6.07) is 11.4. The molecule has 5 heteroatoms. The Morgan fingerprint density at radius 1 is 1.11 bits per heavy atom. The van der Waals surface area contributed by atoms with Crippen molar-refractivity contribution in [2.45, 2.75) is 44.6 Å². The molecule has 5 rings (SSSR count). The van der Waals surface area contributed by atoms with Gasteiger partial charge in [0.1, 0.15) is 5.82 Å². The number of anilines is 1. The fourth-order valence-electron chi connectivity index (χ4n) is 4.19. The molecule has 0 unspecified atom stereocenters. The predicted octanol–water partition coefficient (Wildman–Crippen LogP) is 6.88. The zero-order valence-corrected chi connectivity index (χ0v) is 17.5. The van der Waals surface area contributed by atoms with E-state index in [1.54, 1.807) is 11.3 Å². The Labute approximate surface area is 171 Å². The third-order valence-corrected chi connectivity index (χ3v) is 6.73. The summed E-state index contributed by atoms with van der Waals surface area (Å²) in [7, 11) is 0. The van der Waals surface area contributed by atoms with Crippen molar-refractivity contribution in [3.63, 3.8) is 0 Å². The summed E-state index contributed by atoms with van der Waals surface area (Å²) < 4.78 is 1.09. The number of hydrogen-bond donors (Lipinski definition) is 2. The minimum Gasteiger partial charge on any atom is -0.367 e. The lowest BCUT2D eigenvalue weighted by atomic mass is 9.95. The lowest BCUT2D eigenvalue weighted by Gasteiger charge is -2.24. The van der Waals surface area contributed by atoms with Gasteiger partial charge in [-0.2, -0.15) is 11.3 Å². The maximum Gasteiger partial charge on any atom is 0.136 e. The molecule has 1 aromatic carbocycles. The molecule has 0 aliphatic heterocycles. The van der Waals surface area contributed by atoms with Crippen LogP contribution in [0.1, 0.15) is 43.4 Å². The van der Waals surface area contributed by atoms with Crippen LogP contribution in [0, 0.1) is 0 Å². The van der Waals surface area contributed by atoms with Crippen LogP contribution in [-0.2, 0) is 6.42 Å². The van der Waals surface area contributed by atoms with E-state index in [9.17, 15) is 0 Å². The van der Waals surface area contributed by atoms with Crippen molar-refractivity contribution in [1.82, 2.24) is 9.97 Å². The van der Waals surface area contributed by atoms with Crippen LogP contribution in [0.5, 0.6) is 0 Å². The first-order valence-electron chi connectivity index (χ1n) is 9.65. The summed E-state index contributed by atoms with van der Waals surface area (Å²) in [6.07, 6.45) is 7.35. The van der Waals surface area contributed by atoms with Crippen molar-refractivity contribution < 1.29 is 0 Å². The zero-order valence-electron chi connectivity index (χ0n) is 15.1. The molecule has 138 valence electrons. The van der Waals surface area contributed by atoms with Gasteiger partial charge < -0.3 is 10.3 Å². The SMILES string of the molecule is Brc1ccc2c(c1)[nH]c1cc(Cc3ccsc3)nc(NC3CCCCC3)c12. The van der Waals surface area contributed by atoms with E-state index in [4.69, 9.17) is 4.98 Å². The maximum absolute atomic E-state index is 5.08. The van der Waals surface area contributed by atoms with Gasteiger partial charge in [-0.3, -0.25) is 0 Å². The van der Waals surface area contributed by atoms with Crippen LogP contribution in [-0.4, -0.2) is 16.0 Å². The Morgan fingerprint density at radius 3 is 2.81 bits per heavy atom. The first-order chi connectivity index (χ1) is 13.3. The van der Waals surface area contributed by atoms with Gasteiger partial charge in [0.25, 0.3) is 0 Å². The summed E-state index contributed by atoms with van der Waals surface area (Å²) in [4.78, 5) is 8.69. The van der Waals surface area contributed by atoms with E-state index in [-0.39, 0.29) is 0 Å². The molecule has 1 aliphatic rings. The first-order valence-corrected chi connectivity index (χ1v) is 11.4. The third kappa shape index (κ3) is 3.50. The van der Waals surface area contributed by atoms with E-state index in [1.807, 2.05) is 0 Å². The van der Waals surface area contributed by atoms with Crippen LogP contribution in [0.3, 0.4) is 0 Å². The van der Waals surface area contributed by atoms with Crippen molar-refractivity contribution in [2.24, 2.45) is 0 Å². The van der Waals surface area contributed by atoms with Crippen LogP contribution in [0.2, 0.25) is 0 Å². The van der Waals surface area contributed by atoms with Gasteiger partial charge in [-0.05, 0) is 53.4 Å². The van der Waals surface area contributed by atoms with Crippen molar-refractivity contribution in [2.75, 3.05) is 5.32 Å². The minimum atomic E-state index is 0.534. The summed E-state index contributed by atoms with van der Waals surface area (Å²) >= 11 is 5.34. The largest absolute Gasteiger partial charge is 0.367 e. The summed E-state index contributed by atoms with van der Waals surface area (Å²) in [6.45, 7) is 0. The maximum atomic E-state index is 5.08. The van der Waals surface area contributed by atoms with Crippen LogP contribution >= 0.6 is 27.3 Å². The number of hydrogen-bond acceptors (Lipinski definition) is 3. The van der Waals surface area contributed by atoms with Gasteiger partial charge in [0.05, 0.1) is 5.52 Å². The Hall–Kier alpha value is -1.85. The van der Waals surface area contributed by atoms with Gasteiger partial charge in [-0.25, -0.2) is 4.98 Å². The Morgan fingerprint density at radius 2 is 2.00 bits per heavy atom. The molecule has 27 heavy (non-hydrogen) atoms. The molecule has 4 aromatic rings. The van der Waals surface area contributed by atoms with Crippen molar-refractivity contribution in [3.05, 3.63) is 56.8 Å². The summed E-state index contributed by atoms with van der Waals surface area (Å²) in [5, 5.41) is 10.6. The molecule has 0 bridgehead atoms. The molecule has 0 saturated heterocycles. The monoisotopic (exact) mass is 439 g/mol. The Balaban J connectivity index is 1.63. The molecule has 1 saturated carbocycles. The van der Waals surface area contributed by atoms with Gasteiger partial charge in [-0.15, -0.1) is 0 Å². The standard InChI is InChI=1S/C22H22BrN3S/c23-15-6-7-18-19(11-15)26-20-12-17(10-14-8-9-27-13-14)25-22(21(18)20)24-16-4-2-1-3-5-16/h6-9,11-13,16,26H,1-5,10H2,(H,24,25). The van der Waals surface area contributed by atoms with Gasteiger partial charge in [-0.1, -0.05) is 41.3 Å². The van der Waals surface area contributed by atoms with Crippen LogP contribution in [0.15, 0.2) is 45.6 Å². The Kier molecular flexibility index (Phi) is 4.66. The van der Waals surface area contributed by atoms with E-state index in [2.05, 4.69) is 67.3 Å². The number of nitrogens with zero attached hydrogens (tertiary/aromatic N) is 1. The summed E-state index contributed by atoms with van der Waals surface area (Å²) in [5.74, 6) is 1.04. The topological polar surface area (TPSA) is 40.7 Å². The van der Waals surface area contributed by atoms with Gasteiger partial charge >= 0.3 is 0 Å². The van der Waals surface area contributed by atoms with Crippen molar-refractivity contribution in [1.29, 1.82) is 0 Å². The number of rotatable bonds is 4. The molecule has 3 heterocycles. The second-order valence-corrected chi connectivity index (χ2v) is 9.18. The van der Waals surface area contributed by atoms with Crippen LogP contribution < -0.4 is 5.32 Å². The second-order valence-electron chi connectivity index (χ2n) is 7.49. The first kappa shape index (κ1) is 17.3. The van der Waals surface area contributed by atoms with E-state index in [0.29, 0.717) is 6.04 Å². The molecule has 0 spiro atoms. The highest BCUT2D eigenvalue weighted by Gasteiger charge is 2.18. The number of pyridine rings is 1. The number of aromatic nitrogens is 2. The molecular weight excluding hydrogens is 418 g/mol. The highest BCUT2D eigenvalue weighted by atomic mass is 79.9. The van der Waals surface area contributed by atoms with Gasteiger partial charge in [0, 0.05) is 38.9 Å². The molecule has 0 radical (unpaired) electrons. The van der Waals surface area contributed by atoms with Crippen LogP contribution in [0.4, 0.5) is 5.82 Å². The highest BCUT2D eigenvalue weighted by Crippen LogP contribution is 2.34. The fourth-order valence-corrected chi connectivity index (χ4v) is 5.22. The average Bonchev–Trinajstić information content (AvgIpc) is 3.29. The highest BCUT2D eigenvalue weighted by molar-refractivity contribution is 9.10. The molecule has 0 atom stereocenters. The van der Waals surface area contributed by atoms with E-state index < -0.39 is 0 Å². The molecule has 3 aromatic heterocycles. The number of halogens is 1. The van der Waals surface area contributed by atoms with Crippen molar-refractivity contribution in [3.8, 4) is 0 Å². The lowest BCUT2D eigenvalue weighted by Crippen LogP contribution is -2.23. The van der Waals surface area contributed by atoms with E-state index >= 15 is 0 Å². The van der Waals surface area contributed by atoms with Gasteiger partial charge in [0.15, 0.2) is 0 Å². The average molecular weight is 440 g/mol. The van der Waals surface area contributed by atoms with Crippen LogP contribution in [0.25, 0.3) is 21.8 Å². The second kappa shape index (κ2) is 7.28. The zero-order chi connectivity index (χ0) is 18.2. The smallest absolute Gasteiger partial charge is 0.136 e. The third-order valence-electron chi connectivity index (χ3n) is 5.50. The Bertz CT molecular complexity index is 1080. The molecule has 1 fully saturated rings. The van der Waals surface area contributed by atoms with E-state index in [1.165, 1.54) is 54.0 Å². The summed E-state index contributed by atoms with van der Waals surface area (Å²) in [5.41, 5.74) is 4.77. The number of benzene rings is 1. The molecule has 2 N–H and O–H groups in total. The number of nitrogens with one attached hydrogen (secondary N) is 2. The molecule has 3 nitrogen and oxygen atoms in total. The molecule has 1 aliphatic carbocycles. The number of H-pyrrole nitrogens is 1. The number of fused-ring (bicyclic) bond motifs is 3. The minimum absolute atomic E-state index is 0.534.